The molecular weight excluding hydrogens is 147 g/mol. The van der Waals surface area contributed by atoms with Crippen molar-refractivity contribution in [3.8, 4) is 0 Å². The van der Waals surface area contributed by atoms with E-state index in [0.717, 1.165) is 13.1 Å². The van der Waals surface area contributed by atoms with E-state index in [-0.39, 0.29) is 5.91 Å². The average molecular weight is 160 g/mol. The second-order valence-electron chi connectivity index (χ2n) is 2.64. The van der Waals surface area contributed by atoms with Gasteiger partial charge in [0.05, 0.1) is 0 Å². The molecule has 4 heteroatoms. The van der Waals surface area contributed by atoms with Crippen molar-refractivity contribution in [1.82, 2.24) is 9.99 Å². The second-order valence-corrected chi connectivity index (χ2v) is 3.30. The van der Waals surface area contributed by atoms with Gasteiger partial charge in [0.2, 0.25) is 5.91 Å². The van der Waals surface area contributed by atoms with Crippen LogP contribution in [0.15, 0.2) is 0 Å². The third-order valence-corrected chi connectivity index (χ3v) is 2.51. The van der Waals surface area contributed by atoms with Crippen molar-refractivity contribution in [2.75, 3.05) is 13.1 Å². The van der Waals surface area contributed by atoms with Gasteiger partial charge < -0.3 is 5.32 Å². The number of hydrogen-bond acceptors (Lipinski definition) is 2. The van der Waals surface area contributed by atoms with Gasteiger partial charge in [0.1, 0.15) is 0 Å². The highest BCUT2D eigenvalue weighted by Crippen LogP contribution is 2.10. The van der Waals surface area contributed by atoms with Gasteiger partial charge in [-0.2, -0.15) is 0 Å². The first-order chi connectivity index (χ1) is 4.70. The summed E-state index contributed by atoms with van der Waals surface area (Å²) >= 11 is 0. The van der Waals surface area contributed by atoms with Crippen molar-refractivity contribution >= 4 is 15.3 Å². The third-order valence-electron chi connectivity index (χ3n) is 1.74. The lowest BCUT2D eigenvalue weighted by Crippen LogP contribution is -2.24. The van der Waals surface area contributed by atoms with Gasteiger partial charge in [-0.3, -0.25) is 9.46 Å². The number of nitrogens with one attached hydrogen (secondary N) is 1. The van der Waals surface area contributed by atoms with E-state index in [1.54, 1.807) is 0 Å². The van der Waals surface area contributed by atoms with Crippen LogP contribution in [-0.2, 0) is 4.79 Å². The van der Waals surface area contributed by atoms with Crippen LogP contribution >= 0.6 is 9.39 Å². The molecule has 10 heavy (non-hydrogen) atoms. The Bertz CT molecular complexity index is 140. The van der Waals surface area contributed by atoms with Crippen LogP contribution in [0, 0.1) is 0 Å². The molecule has 3 nitrogen and oxygen atoms in total. The Labute approximate surface area is 63.4 Å². The molecule has 1 saturated heterocycles. The quantitative estimate of drug-likeness (QED) is 0.505. The molecule has 1 aliphatic rings. The molecular formula is C6H13N2OP. The van der Waals surface area contributed by atoms with Crippen LogP contribution in [0.4, 0.5) is 0 Å². The number of rotatable bonds is 0. The van der Waals surface area contributed by atoms with E-state index < -0.39 is 0 Å². The van der Waals surface area contributed by atoms with E-state index in [1.165, 1.54) is 0 Å². The topological polar surface area (TPSA) is 32.3 Å². The van der Waals surface area contributed by atoms with E-state index in [9.17, 15) is 4.79 Å². The first kappa shape index (κ1) is 7.96. The highest BCUT2D eigenvalue weighted by atomic mass is 31.0. The van der Waals surface area contributed by atoms with Gasteiger partial charge in [0.15, 0.2) is 0 Å². The SMILES string of the molecule is C[C@@H]1CC(=O)NCCN1P. The molecule has 0 aromatic carbocycles. The Hall–Kier alpha value is -0.140. The zero-order chi connectivity index (χ0) is 7.56. The number of nitrogens with zero attached hydrogens (tertiary/aromatic N) is 1. The Morgan fingerprint density at radius 3 is 3.20 bits per heavy atom. The average Bonchev–Trinajstić information content (AvgIpc) is 1.96. The first-order valence-corrected chi connectivity index (χ1v) is 4.00. The van der Waals surface area contributed by atoms with Gasteiger partial charge in [-0.05, 0) is 6.92 Å². The summed E-state index contributed by atoms with van der Waals surface area (Å²) in [4.78, 5) is 10.9. The molecule has 1 unspecified atom stereocenters. The number of amides is 1. The summed E-state index contributed by atoms with van der Waals surface area (Å²) in [5, 5.41) is 2.81. The van der Waals surface area contributed by atoms with E-state index in [2.05, 4.69) is 26.3 Å². The third kappa shape index (κ3) is 1.93. The van der Waals surface area contributed by atoms with E-state index in [4.69, 9.17) is 0 Å². The lowest BCUT2D eigenvalue weighted by molar-refractivity contribution is -0.121. The summed E-state index contributed by atoms with van der Waals surface area (Å²) in [6.07, 6.45) is 0.615. The molecule has 0 spiro atoms. The molecule has 0 aromatic rings. The summed E-state index contributed by atoms with van der Waals surface area (Å²) in [6.45, 7) is 3.75. The molecule has 1 N–H and O–H groups in total. The Morgan fingerprint density at radius 2 is 2.50 bits per heavy atom. The Kier molecular flexibility index (Phi) is 2.64. The maximum atomic E-state index is 10.9. The summed E-state index contributed by atoms with van der Waals surface area (Å²) in [5.74, 6) is 0.164. The minimum absolute atomic E-state index is 0.164. The van der Waals surface area contributed by atoms with Crippen molar-refractivity contribution in [3.63, 3.8) is 0 Å². The van der Waals surface area contributed by atoms with Crippen LogP contribution in [0.5, 0.6) is 0 Å². The fraction of sp³-hybridized carbons (Fsp3) is 0.833. The molecule has 0 aliphatic carbocycles. The van der Waals surface area contributed by atoms with E-state index in [1.807, 2.05) is 0 Å². The van der Waals surface area contributed by atoms with Crippen molar-refractivity contribution in [1.29, 1.82) is 0 Å². The lowest BCUT2D eigenvalue weighted by Gasteiger charge is -2.18. The fourth-order valence-electron chi connectivity index (χ4n) is 1.00. The Balaban J connectivity index is 2.49. The summed E-state index contributed by atoms with van der Waals surface area (Å²) in [5.41, 5.74) is 0. The van der Waals surface area contributed by atoms with Gasteiger partial charge in [0, 0.05) is 25.6 Å². The van der Waals surface area contributed by atoms with E-state index in [0.29, 0.717) is 12.5 Å². The number of carbonyl (C=O) groups excluding carboxylic acids is 1. The molecule has 1 amide bonds. The predicted molar refractivity (Wildman–Crippen MR) is 43.5 cm³/mol. The summed E-state index contributed by atoms with van der Waals surface area (Å²) in [7, 11) is 2.64. The molecule has 0 bridgehead atoms. The first-order valence-electron chi connectivity index (χ1n) is 3.48. The smallest absolute Gasteiger partial charge is 0.221 e. The molecule has 0 radical (unpaired) electrons. The largest absolute Gasteiger partial charge is 0.355 e. The van der Waals surface area contributed by atoms with Gasteiger partial charge in [-0.1, -0.05) is 9.39 Å². The maximum Gasteiger partial charge on any atom is 0.221 e. The van der Waals surface area contributed by atoms with Crippen molar-refractivity contribution in [2.24, 2.45) is 0 Å². The number of hydrogen-bond donors (Lipinski definition) is 1. The normalized spacial score (nSPS) is 29.4. The van der Waals surface area contributed by atoms with Gasteiger partial charge in [0.25, 0.3) is 0 Å². The Morgan fingerprint density at radius 1 is 1.80 bits per heavy atom. The van der Waals surface area contributed by atoms with Crippen molar-refractivity contribution in [3.05, 3.63) is 0 Å². The van der Waals surface area contributed by atoms with E-state index >= 15 is 0 Å². The van der Waals surface area contributed by atoms with Crippen molar-refractivity contribution < 1.29 is 4.79 Å². The van der Waals surface area contributed by atoms with Crippen LogP contribution in [0.1, 0.15) is 13.3 Å². The monoisotopic (exact) mass is 160 g/mol. The molecule has 0 saturated carbocycles. The highest BCUT2D eigenvalue weighted by Gasteiger charge is 2.16. The molecule has 1 heterocycles. The molecule has 2 atom stereocenters. The van der Waals surface area contributed by atoms with Crippen LogP contribution < -0.4 is 5.32 Å². The molecule has 58 valence electrons. The van der Waals surface area contributed by atoms with Gasteiger partial charge >= 0.3 is 0 Å². The van der Waals surface area contributed by atoms with Gasteiger partial charge in [-0.25, -0.2) is 0 Å². The minimum atomic E-state index is 0.164. The molecule has 1 aliphatic heterocycles. The maximum absolute atomic E-state index is 10.9. The standard InChI is InChI=1S/C6H13N2OP/c1-5-4-6(9)7-2-3-8(5)10/h5H,2-4,10H2,1H3,(H,7,9)/t5-/m1/s1. The lowest BCUT2D eigenvalue weighted by atomic mass is 10.2. The van der Waals surface area contributed by atoms with Crippen LogP contribution in [0.2, 0.25) is 0 Å². The van der Waals surface area contributed by atoms with Crippen molar-refractivity contribution in [2.45, 2.75) is 19.4 Å². The summed E-state index contributed by atoms with van der Waals surface area (Å²) < 4.78 is 2.11. The highest BCUT2D eigenvalue weighted by molar-refractivity contribution is 7.13. The van der Waals surface area contributed by atoms with Crippen LogP contribution in [0.25, 0.3) is 0 Å². The van der Waals surface area contributed by atoms with Crippen LogP contribution in [-0.4, -0.2) is 29.7 Å². The zero-order valence-corrected chi connectivity index (χ0v) is 7.29. The molecule has 0 aromatic heterocycles. The summed E-state index contributed by atoms with van der Waals surface area (Å²) in [6, 6.07) is 0.354. The zero-order valence-electron chi connectivity index (χ0n) is 6.13. The number of carbonyl (C=O) groups is 1. The molecule has 1 rings (SSSR count). The van der Waals surface area contributed by atoms with Gasteiger partial charge in [-0.15, -0.1) is 0 Å². The van der Waals surface area contributed by atoms with Crippen LogP contribution in [0.3, 0.4) is 0 Å². The fourth-order valence-corrected chi connectivity index (χ4v) is 1.24. The predicted octanol–water partition coefficient (Wildman–Crippen LogP) is -0.0131. The second kappa shape index (κ2) is 3.31. The molecule has 1 fully saturated rings. The minimum Gasteiger partial charge on any atom is -0.355 e.